The minimum atomic E-state index is 0.634. The quantitative estimate of drug-likeness (QED) is 0.758. The Hall–Kier alpha value is -2.80. The van der Waals surface area contributed by atoms with E-state index in [1.807, 2.05) is 30.3 Å². The number of thiazole rings is 1. The molecule has 2 aromatic carbocycles. The molecule has 1 aliphatic rings. The maximum absolute atomic E-state index is 5.86. The van der Waals surface area contributed by atoms with Crippen molar-refractivity contribution in [2.24, 2.45) is 10.7 Å². The van der Waals surface area contributed by atoms with E-state index in [4.69, 9.17) is 20.2 Å². The molecular formula is C17H16N4O2S. The van der Waals surface area contributed by atoms with Gasteiger partial charge in [0.2, 0.25) is 0 Å². The summed E-state index contributed by atoms with van der Waals surface area (Å²) < 4.78 is 11.8. The Labute approximate surface area is 142 Å². The lowest BCUT2D eigenvalue weighted by Gasteiger charge is -2.10. The molecule has 0 saturated heterocycles. The van der Waals surface area contributed by atoms with E-state index >= 15 is 0 Å². The van der Waals surface area contributed by atoms with E-state index in [0.717, 1.165) is 43.8 Å². The molecule has 6 nitrogen and oxygen atoms in total. The lowest BCUT2D eigenvalue weighted by atomic mass is 10.1. The number of amidine groups is 1. The van der Waals surface area contributed by atoms with Crippen LogP contribution in [0, 0.1) is 0 Å². The predicted octanol–water partition coefficient (Wildman–Crippen LogP) is 3.60. The van der Waals surface area contributed by atoms with Gasteiger partial charge in [-0.15, -0.1) is 0 Å². The van der Waals surface area contributed by atoms with Crippen molar-refractivity contribution in [3.8, 4) is 11.5 Å². The number of nitrogens with one attached hydrogen (secondary N) is 1. The zero-order valence-electron chi connectivity index (χ0n) is 13.3. The molecule has 2 heterocycles. The highest BCUT2D eigenvalue weighted by atomic mass is 32.1. The number of anilines is 2. The van der Waals surface area contributed by atoms with Gasteiger partial charge in [0.1, 0.15) is 17.3 Å². The monoisotopic (exact) mass is 340 g/mol. The van der Waals surface area contributed by atoms with Gasteiger partial charge in [-0.3, -0.25) is 0 Å². The number of fused-ring (bicyclic) bond motifs is 3. The van der Waals surface area contributed by atoms with Gasteiger partial charge in [0.15, 0.2) is 5.13 Å². The average Bonchev–Trinajstić information content (AvgIpc) is 3.16. The van der Waals surface area contributed by atoms with Crippen LogP contribution in [0.4, 0.5) is 16.5 Å². The SMILES string of the molecule is COc1ccc(OC)c(Nc2nc3c4c(ccc3s2)N=C(N)C4)c1. The Morgan fingerprint density at radius 2 is 2.04 bits per heavy atom. The van der Waals surface area contributed by atoms with Gasteiger partial charge in [0.05, 0.1) is 35.8 Å². The van der Waals surface area contributed by atoms with Crippen LogP contribution in [0.1, 0.15) is 5.56 Å². The number of ether oxygens (including phenoxy) is 2. The number of hydrogen-bond donors (Lipinski definition) is 2. The second-order valence-electron chi connectivity index (χ2n) is 5.40. The highest BCUT2D eigenvalue weighted by molar-refractivity contribution is 7.22. The summed E-state index contributed by atoms with van der Waals surface area (Å²) in [4.78, 5) is 9.07. The maximum atomic E-state index is 5.86. The van der Waals surface area contributed by atoms with Gasteiger partial charge in [0, 0.05) is 18.1 Å². The van der Waals surface area contributed by atoms with Crippen LogP contribution in [0.15, 0.2) is 35.3 Å². The molecule has 0 bridgehead atoms. The Kier molecular flexibility index (Phi) is 3.50. The van der Waals surface area contributed by atoms with Gasteiger partial charge in [0.25, 0.3) is 0 Å². The Bertz CT molecular complexity index is 965. The second kappa shape index (κ2) is 5.68. The molecule has 1 aliphatic heterocycles. The molecule has 0 unspecified atom stereocenters. The van der Waals surface area contributed by atoms with Crippen LogP contribution in [0.3, 0.4) is 0 Å². The molecule has 122 valence electrons. The molecule has 1 aromatic heterocycles. The second-order valence-corrected chi connectivity index (χ2v) is 6.43. The molecule has 3 aromatic rings. The molecule has 0 aliphatic carbocycles. The van der Waals surface area contributed by atoms with Crippen molar-refractivity contribution in [3.63, 3.8) is 0 Å². The van der Waals surface area contributed by atoms with Gasteiger partial charge in [-0.1, -0.05) is 11.3 Å². The number of benzene rings is 2. The minimum absolute atomic E-state index is 0.634. The van der Waals surface area contributed by atoms with Gasteiger partial charge in [-0.25, -0.2) is 9.98 Å². The van der Waals surface area contributed by atoms with Crippen LogP contribution in [0.5, 0.6) is 11.5 Å². The number of hydrogen-bond acceptors (Lipinski definition) is 7. The summed E-state index contributed by atoms with van der Waals surface area (Å²) in [7, 11) is 3.27. The molecule has 4 rings (SSSR count). The van der Waals surface area contributed by atoms with Crippen LogP contribution in [0.25, 0.3) is 10.2 Å². The van der Waals surface area contributed by atoms with Gasteiger partial charge in [-0.2, -0.15) is 0 Å². The van der Waals surface area contributed by atoms with Crippen LogP contribution >= 0.6 is 11.3 Å². The summed E-state index contributed by atoms with van der Waals surface area (Å²) in [6.45, 7) is 0. The normalized spacial score (nSPS) is 12.8. The van der Waals surface area contributed by atoms with E-state index < -0.39 is 0 Å². The fourth-order valence-corrected chi connectivity index (χ4v) is 3.68. The van der Waals surface area contributed by atoms with E-state index in [1.165, 1.54) is 0 Å². The largest absolute Gasteiger partial charge is 0.497 e. The number of methoxy groups -OCH3 is 2. The number of aromatic nitrogens is 1. The zero-order chi connectivity index (χ0) is 16.7. The van der Waals surface area contributed by atoms with Crippen molar-refractivity contribution < 1.29 is 9.47 Å². The number of nitrogens with zero attached hydrogens (tertiary/aromatic N) is 2. The van der Waals surface area contributed by atoms with E-state index in [0.29, 0.717) is 12.3 Å². The van der Waals surface area contributed by atoms with E-state index in [1.54, 1.807) is 25.6 Å². The first kappa shape index (κ1) is 14.8. The predicted molar refractivity (Wildman–Crippen MR) is 97.4 cm³/mol. The van der Waals surface area contributed by atoms with Crippen molar-refractivity contribution in [3.05, 3.63) is 35.9 Å². The summed E-state index contributed by atoms with van der Waals surface area (Å²) in [6, 6.07) is 9.63. The smallest absolute Gasteiger partial charge is 0.188 e. The molecule has 0 fully saturated rings. The number of nitrogens with two attached hydrogens (primary N) is 1. The number of rotatable bonds is 4. The molecular weight excluding hydrogens is 324 g/mol. The average molecular weight is 340 g/mol. The van der Waals surface area contributed by atoms with Crippen LogP contribution in [-0.2, 0) is 6.42 Å². The number of aliphatic imine (C=N–C) groups is 1. The lowest BCUT2D eigenvalue weighted by Crippen LogP contribution is -2.10. The van der Waals surface area contributed by atoms with Gasteiger partial charge in [-0.05, 0) is 24.3 Å². The Morgan fingerprint density at radius 1 is 1.17 bits per heavy atom. The molecule has 0 atom stereocenters. The molecule has 0 amide bonds. The fraction of sp³-hybridized carbons (Fsp3) is 0.176. The molecule has 24 heavy (non-hydrogen) atoms. The van der Waals surface area contributed by atoms with Crippen molar-refractivity contribution in [1.82, 2.24) is 4.98 Å². The first-order valence-electron chi connectivity index (χ1n) is 7.42. The highest BCUT2D eigenvalue weighted by Gasteiger charge is 2.18. The third-order valence-corrected chi connectivity index (χ3v) is 4.85. The first-order chi connectivity index (χ1) is 11.7. The third kappa shape index (κ3) is 2.43. The highest BCUT2D eigenvalue weighted by Crippen LogP contribution is 2.39. The summed E-state index contributed by atoms with van der Waals surface area (Å²) in [5.41, 5.74) is 9.62. The summed E-state index contributed by atoms with van der Waals surface area (Å²) in [6.07, 6.45) is 0.651. The molecule has 0 saturated carbocycles. The summed E-state index contributed by atoms with van der Waals surface area (Å²) in [5.74, 6) is 2.11. The van der Waals surface area contributed by atoms with E-state index in [-0.39, 0.29) is 0 Å². The molecule has 0 spiro atoms. The van der Waals surface area contributed by atoms with Gasteiger partial charge >= 0.3 is 0 Å². The van der Waals surface area contributed by atoms with E-state index in [9.17, 15) is 0 Å². The van der Waals surface area contributed by atoms with E-state index in [2.05, 4.69) is 10.3 Å². The Balaban J connectivity index is 1.73. The topological polar surface area (TPSA) is 81.8 Å². The van der Waals surface area contributed by atoms with Crippen molar-refractivity contribution >= 4 is 43.9 Å². The molecule has 7 heteroatoms. The van der Waals surface area contributed by atoms with Crippen LogP contribution in [0.2, 0.25) is 0 Å². The zero-order valence-corrected chi connectivity index (χ0v) is 14.1. The first-order valence-corrected chi connectivity index (χ1v) is 8.24. The third-order valence-electron chi connectivity index (χ3n) is 3.91. The van der Waals surface area contributed by atoms with Crippen molar-refractivity contribution in [1.29, 1.82) is 0 Å². The lowest BCUT2D eigenvalue weighted by molar-refractivity contribution is 0.405. The van der Waals surface area contributed by atoms with Crippen LogP contribution < -0.4 is 20.5 Å². The standard InChI is InChI=1S/C17H16N4O2S/c1-22-9-3-5-13(23-2)12(7-9)20-17-21-16-10-8-15(18)19-11(10)4-6-14(16)24-17/h3-7H,8H2,1-2H3,(H2,18,19)(H,20,21). The van der Waals surface area contributed by atoms with Gasteiger partial charge < -0.3 is 20.5 Å². The Morgan fingerprint density at radius 3 is 2.83 bits per heavy atom. The molecule has 3 N–H and O–H groups in total. The van der Waals surface area contributed by atoms with Crippen LogP contribution in [-0.4, -0.2) is 25.0 Å². The summed E-state index contributed by atoms with van der Waals surface area (Å²) >= 11 is 1.58. The summed E-state index contributed by atoms with van der Waals surface area (Å²) in [5, 5.41) is 4.11. The maximum Gasteiger partial charge on any atom is 0.188 e. The minimum Gasteiger partial charge on any atom is -0.497 e. The van der Waals surface area contributed by atoms with Crippen molar-refractivity contribution in [2.75, 3.05) is 19.5 Å². The van der Waals surface area contributed by atoms with Crippen molar-refractivity contribution in [2.45, 2.75) is 6.42 Å². The fourth-order valence-electron chi connectivity index (χ4n) is 2.77. The molecule has 0 radical (unpaired) electrons.